The second-order valence-electron chi connectivity index (χ2n) is 6.48. The molecule has 1 fully saturated rings. The number of hydrogen-bond donors (Lipinski definition) is 0. The summed E-state index contributed by atoms with van der Waals surface area (Å²) in [5.74, 6) is 0. The lowest BCUT2D eigenvalue weighted by molar-refractivity contribution is 0.186. The Morgan fingerprint density at radius 3 is 2.29 bits per heavy atom. The highest BCUT2D eigenvalue weighted by Crippen LogP contribution is 2.27. The minimum atomic E-state index is -3.66. The third-order valence-electron chi connectivity index (χ3n) is 4.69. The Morgan fingerprint density at radius 2 is 1.64 bits per heavy atom. The highest BCUT2D eigenvalue weighted by atomic mass is 32.2. The fraction of sp³-hybridized carbons (Fsp3) is 0.150. The number of nitrogens with zero attached hydrogens (tertiary/aromatic N) is 4. The van der Waals surface area contributed by atoms with Crippen LogP contribution in [0.1, 0.15) is 11.6 Å². The maximum absolute atomic E-state index is 12.7. The van der Waals surface area contributed by atoms with Crippen molar-refractivity contribution >= 4 is 10.0 Å². The molecular formula is C20H16N4O3S. The highest BCUT2D eigenvalue weighted by molar-refractivity contribution is 7.89. The summed E-state index contributed by atoms with van der Waals surface area (Å²) in [6.45, 7) is 0.348. The van der Waals surface area contributed by atoms with E-state index in [1.54, 1.807) is 6.07 Å². The van der Waals surface area contributed by atoms with Gasteiger partial charge in [-0.2, -0.15) is 14.7 Å². The van der Waals surface area contributed by atoms with E-state index in [1.807, 2.05) is 36.4 Å². The fourth-order valence-corrected chi connectivity index (χ4v) is 4.58. The fourth-order valence-electron chi connectivity index (χ4n) is 3.07. The molecule has 0 saturated carbocycles. The third-order valence-corrected chi connectivity index (χ3v) is 6.54. The molecule has 140 valence electrons. The minimum absolute atomic E-state index is 0.128. The SMILES string of the molecule is N#Cc1ccc(S(=O)(=O)N2CC(n3nc(-c4ccccc4)ccc3=O)C2)cc1. The Hall–Kier alpha value is -3.28. The predicted octanol–water partition coefficient (Wildman–Crippen LogP) is 2.03. The van der Waals surface area contributed by atoms with Crippen molar-refractivity contribution in [2.24, 2.45) is 0 Å². The van der Waals surface area contributed by atoms with Crippen LogP contribution in [-0.4, -0.2) is 35.6 Å². The predicted molar refractivity (Wildman–Crippen MR) is 103 cm³/mol. The van der Waals surface area contributed by atoms with Gasteiger partial charge in [-0.3, -0.25) is 4.79 Å². The molecule has 1 saturated heterocycles. The van der Waals surface area contributed by atoms with E-state index >= 15 is 0 Å². The van der Waals surface area contributed by atoms with Crippen LogP contribution in [-0.2, 0) is 10.0 Å². The van der Waals surface area contributed by atoms with E-state index in [0.29, 0.717) is 11.3 Å². The molecule has 28 heavy (non-hydrogen) atoms. The molecule has 0 unspecified atom stereocenters. The Bertz CT molecular complexity index is 1210. The lowest BCUT2D eigenvalue weighted by Gasteiger charge is -2.38. The first-order valence-electron chi connectivity index (χ1n) is 8.64. The summed E-state index contributed by atoms with van der Waals surface area (Å²) in [5, 5.41) is 13.3. The first-order valence-corrected chi connectivity index (χ1v) is 10.1. The van der Waals surface area contributed by atoms with Gasteiger partial charge < -0.3 is 0 Å². The Kier molecular flexibility index (Phi) is 4.55. The van der Waals surface area contributed by atoms with E-state index in [4.69, 9.17) is 5.26 Å². The molecule has 0 bridgehead atoms. The molecular weight excluding hydrogens is 376 g/mol. The van der Waals surface area contributed by atoms with Crippen LogP contribution >= 0.6 is 0 Å². The van der Waals surface area contributed by atoms with Crippen LogP contribution in [0, 0.1) is 11.3 Å². The monoisotopic (exact) mass is 392 g/mol. The zero-order valence-corrected chi connectivity index (χ0v) is 15.6. The zero-order chi connectivity index (χ0) is 19.7. The van der Waals surface area contributed by atoms with Crippen molar-refractivity contribution in [1.29, 1.82) is 5.26 Å². The molecule has 1 aromatic heterocycles. The maximum Gasteiger partial charge on any atom is 0.267 e. The van der Waals surface area contributed by atoms with Crippen LogP contribution in [0.15, 0.2) is 76.4 Å². The van der Waals surface area contributed by atoms with Crippen LogP contribution in [0.5, 0.6) is 0 Å². The van der Waals surface area contributed by atoms with Crippen molar-refractivity contribution in [3.63, 3.8) is 0 Å². The van der Waals surface area contributed by atoms with Gasteiger partial charge in [0.25, 0.3) is 5.56 Å². The molecule has 0 aliphatic carbocycles. The van der Waals surface area contributed by atoms with Crippen LogP contribution in [0.2, 0.25) is 0 Å². The van der Waals surface area contributed by atoms with Gasteiger partial charge in [0.1, 0.15) is 0 Å². The van der Waals surface area contributed by atoms with Gasteiger partial charge in [0, 0.05) is 24.7 Å². The summed E-state index contributed by atoms with van der Waals surface area (Å²) in [6.07, 6.45) is 0. The summed E-state index contributed by atoms with van der Waals surface area (Å²) < 4.78 is 28.1. The zero-order valence-electron chi connectivity index (χ0n) is 14.8. The molecule has 0 atom stereocenters. The Labute approximate surface area is 162 Å². The van der Waals surface area contributed by atoms with E-state index in [1.165, 1.54) is 39.3 Å². The average Bonchev–Trinajstić information content (AvgIpc) is 2.69. The Morgan fingerprint density at radius 1 is 0.964 bits per heavy atom. The molecule has 3 aromatic rings. The molecule has 2 aromatic carbocycles. The molecule has 0 N–H and O–H groups in total. The number of rotatable bonds is 4. The summed E-state index contributed by atoms with van der Waals surface area (Å²) >= 11 is 0. The van der Waals surface area contributed by atoms with Gasteiger partial charge in [-0.25, -0.2) is 13.1 Å². The second-order valence-corrected chi connectivity index (χ2v) is 8.42. The summed E-state index contributed by atoms with van der Waals surface area (Å²) in [6, 6.07) is 20.0. The van der Waals surface area contributed by atoms with Crippen molar-refractivity contribution in [1.82, 2.24) is 14.1 Å². The number of sulfonamides is 1. The first kappa shape index (κ1) is 18.1. The van der Waals surface area contributed by atoms with Gasteiger partial charge in [-0.1, -0.05) is 30.3 Å². The van der Waals surface area contributed by atoms with Crippen LogP contribution in [0.25, 0.3) is 11.3 Å². The average molecular weight is 392 g/mol. The van der Waals surface area contributed by atoms with Crippen molar-refractivity contribution < 1.29 is 8.42 Å². The van der Waals surface area contributed by atoms with E-state index in [9.17, 15) is 13.2 Å². The van der Waals surface area contributed by atoms with Crippen molar-refractivity contribution in [3.05, 3.63) is 82.6 Å². The van der Waals surface area contributed by atoms with E-state index < -0.39 is 10.0 Å². The summed E-state index contributed by atoms with van der Waals surface area (Å²) in [7, 11) is -3.66. The molecule has 4 rings (SSSR count). The molecule has 8 heteroatoms. The number of hydrogen-bond acceptors (Lipinski definition) is 5. The molecule has 0 spiro atoms. The van der Waals surface area contributed by atoms with Crippen LogP contribution < -0.4 is 5.56 Å². The summed E-state index contributed by atoms with van der Waals surface area (Å²) in [4.78, 5) is 12.4. The second kappa shape index (κ2) is 7.03. The van der Waals surface area contributed by atoms with Gasteiger partial charge in [-0.05, 0) is 30.3 Å². The standard InChI is InChI=1S/C20H16N4O3S/c21-12-15-6-8-18(9-7-15)28(26,27)23-13-17(14-23)24-20(25)11-10-19(22-24)16-4-2-1-3-5-16/h1-11,17H,13-14H2. The van der Waals surface area contributed by atoms with Gasteiger partial charge in [0.05, 0.1) is 28.3 Å². The molecule has 0 radical (unpaired) electrons. The van der Waals surface area contributed by atoms with Gasteiger partial charge in [0.2, 0.25) is 10.0 Å². The smallest absolute Gasteiger partial charge is 0.267 e. The molecule has 0 amide bonds. The van der Waals surface area contributed by atoms with Crippen molar-refractivity contribution in [2.75, 3.05) is 13.1 Å². The largest absolute Gasteiger partial charge is 0.268 e. The lowest BCUT2D eigenvalue weighted by atomic mass is 10.1. The molecule has 7 nitrogen and oxygen atoms in total. The minimum Gasteiger partial charge on any atom is -0.268 e. The first-order chi connectivity index (χ1) is 13.5. The number of benzene rings is 2. The van der Waals surface area contributed by atoms with Crippen molar-refractivity contribution in [3.8, 4) is 17.3 Å². The maximum atomic E-state index is 12.7. The molecule has 2 heterocycles. The van der Waals surface area contributed by atoms with Gasteiger partial charge in [-0.15, -0.1) is 0 Å². The number of nitriles is 1. The van der Waals surface area contributed by atoms with Crippen LogP contribution in [0.3, 0.4) is 0 Å². The molecule has 1 aliphatic heterocycles. The normalized spacial score (nSPS) is 15.0. The topological polar surface area (TPSA) is 96.1 Å². The van der Waals surface area contributed by atoms with E-state index in [0.717, 1.165) is 5.56 Å². The Balaban J connectivity index is 1.55. The van der Waals surface area contributed by atoms with Crippen LogP contribution in [0.4, 0.5) is 0 Å². The van der Waals surface area contributed by atoms with E-state index in [-0.39, 0.29) is 29.6 Å². The molecule has 1 aliphatic rings. The quantitative estimate of drug-likeness (QED) is 0.677. The van der Waals surface area contributed by atoms with Gasteiger partial charge >= 0.3 is 0 Å². The van der Waals surface area contributed by atoms with Crippen molar-refractivity contribution in [2.45, 2.75) is 10.9 Å². The highest BCUT2D eigenvalue weighted by Gasteiger charge is 2.38. The van der Waals surface area contributed by atoms with E-state index in [2.05, 4.69) is 5.10 Å². The lowest BCUT2D eigenvalue weighted by Crippen LogP contribution is -2.53. The van der Waals surface area contributed by atoms with Gasteiger partial charge in [0.15, 0.2) is 0 Å². The summed E-state index contributed by atoms with van der Waals surface area (Å²) in [5.41, 5.74) is 1.68. The third kappa shape index (κ3) is 3.22. The number of aromatic nitrogens is 2.